The lowest BCUT2D eigenvalue weighted by Crippen LogP contribution is -2.50. The first-order valence-electron chi connectivity index (χ1n) is 13.6. The standard InChI is InChI=1S/C32H31FN2O4/c1-2-39-29-5-3-4-27(34-29)22-8-6-20(7-9-22)19-35-13-12-24-26(33)11-10-25(30(24)35)28(36)14-21-15-32(16-21)17-23(18-32)31(37)38/h3-13,21,23H,2,14-19H2,1H3,(H,37,38). The molecule has 1 N–H and O–H groups in total. The van der Waals surface area contributed by atoms with Crippen LogP contribution in [0.1, 0.15) is 54.9 Å². The Hall–Kier alpha value is -4.00. The number of fused-ring (bicyclic) bond motifs is 1. The predicted molar refractivity (Wildman–Crippen MR) is 146 cm³/mol. The number of hydrogen-bond donors (Lipinski definition) is 1. The summed E-state index contributed by atoms with van der Waals surface area (Å²) in [5.41, 5.74) is 4.12. The summed E-state index contributed by atoms with van der Waals surface area (Å²) >= 11 is 0. The first kappa shape index (κ1) is 25.3. The first-order chi connectivity index (χ1) is 18.8. The summed E-state index contributed by atoms with van der Waals surface area (Å²) in [4.78, 5) is 29.1. The summed E-state index contributed by atoms with van der Waals surface area (Å²) in [6.45, 7) is 2.98. The van der Waals surface area contributed by atoms with Crippen LogP contribution in [0.4, 0.5) is 4.39 Å². The molecular weight excluding hydrogens is 495 g/mol. The molecule has 39 heavy (non-hydrogen) atoms. The monoisotopic (exact) mass is 526 g/mol. The number of carboxylic acids is 1. The fraction of sp³-hybridized carbons (Fsp3) is 0.344. The van der Waals surface area contributed by atoms with Gasteiger partial charge in [-0.15, -0.1) is 0 Å². The van der Waals surface area contributed by atoms with Gasteiger partial charge in [0, 0.05) is 41.7 Å². The minimum absolute atomic E-state index is 0.0181. The molecule has 2 heterocycles. The Labute approximate surface area is 226 Å². The molecule has 2 saturated carbocycles. The molecule has 0 unspecified atom stereocenters. The Kier molecular flexibility index (Phi) is 6.45. The van der Waals surface area contributed by atoms with E-state index in [1.807, 2.05) is 60.2 Å². The summed E-state index contributed by atoms with van der Waals surface area (Å²) in [5, 5.41) is 9.63. The molecule has 0 atom stereocenters. The van der Waals surface area contributed by atoms with Crippen LogP contribution in [0.3, 0.4) is 0 Å². The maximum atomic E-state index is 14.7. The second-order valence-electron chi connectivity index (χ2n) is 11.1. The van der Waals surface area contributed by atoms with Crippen LogP contribution in [-0.4, -0.2) is 33.0 Å². The van der Waals surface area contributed by atoms with Crippen LogP contribution >= 0.6 is 0 Å². The van der Waals surface area contributed by atoms with Gasteiger partial charge in [-0.1, -0.05) is 30.3 Å². The van der Waals surface area contributed by atoms with E-state index < -0.39 is 5.97 Å². The number of benzene rings is 2. The number of Topliss-reactive ketones (excluding diaryl/α,β-unsaturated/α-hetero) is 1. The molecule has 4 aromatic rings. The van der Waals surface area contributed by atoms with E-state index in [1.165, 1.54) is 6.07 Å². The van der Waals surface area contributed by atoms with Crippen LogP contribution in [0.25, 0.3) is 22.2 Å². The summed E-state index contributed by atoms with van der Waals surface area (Å²) in [5.74, 6) is -0.412. The highest BCUT2D eigenvalue weighted by atomic mass is 19.1. The summed E-state index contributed by atoms with van der Waals surface area (Å²) in [7, 11) is 0. The summed E-state index contributed by atoms with van der Waals surface area (Å²) in [6, 6.07) is 18.5. The van der Waals surface area contributed by atoms with Gasteiger partial charge in [-0.2, -0.15) is 0 Å². The number of hydrogen-bond acceptors (Lipinski definition) is 4. The van der Waals surface area contributed by atoms with Crippen molar-refractivity contribution in [3.05, 3.63) is 83.8 Å². The third-order valence-electron chi connectivity index (χ3n) is 8.42. The number of carbonyl (C=O) groups is 2. The van der Waals surface area contributed by atoms with E-state index in [9.17, 15) is 19.1 Å². The first-order valence-corrected chi connectivity index (χ1v) is 13.6. The van der Waals surface area contributed by atoms with Crippen LogP contribution in [0.2, 0.25) is 0 Å². The van der Waals surface area contributed by atoms with Crippen LogP contribution in [0.5, 0.6) is 5.88 Å². The van der Waals surface area contributed by atoms with E-state index in [0.29, 0.717) is 41.9 Å². The molecule has 2 fully saturated rings. The van der Waals surface area contributed by atoms with Gasteiger partial charge in [0.25, 0.3) is 0 Å². The van der Waals surface area contributed by atoms with Crippen molar-refractivity contribution in [2.75, 3.05) is 6.61 Å². The van der Waals surface area contributed by atoms with Gasteiger partial charge in [-0.3, -0.25) is 9.59 Å². The maximum absolute atomic E-state index is 14.7. The molecule has 0 radical (unpaired) electrons. The van der Waals surface area contributed by atoms with Crippen molar-refractivity contribution in [2.24, 2.45) is 17.3 Å². The maximum Gasteiger partial charge on any atom is 0.306 e. The Morgan fingerprint density at radius 3 is 2.54 bits per heavy atom. The fourth-order valence-corrected chi connectivity index (χ4v) is 6.60. The second kappa shape index (κ2) is 9.95. The SMILES string of the molecule is CCOc1cccc(-c2ccc(Cn3ccc4c(F)ccc(C(=O)CC5CC6(C5)CC(C(=O)O)C6)c43)cc2)n1. The molecule has 1 spiro atoms. The molecule has 6 nitrogen and oxygen atoms in total. The lowest BCUT2D eigenvalue weighted by Gasteiger charge is -2.56. The number of carbonyl (C=O) groups excluding carboxylic acids is 1. The number of nitrogens with zero attached hydrogens (tertiary/aromatic N) is 2. The fourth-order valence-electron chi connectivity index (χ4n) is 6.60. The number of aliphatic carboxylic acids is 1. The second-order valence-corrected chi connectivity index (χ2v) is 11.1. The van der Waals surface area contributed by atoms with Crippen molar-refractivity contribution in [1.82, 2.24) is 9.55 Å². The molecule has 200 valence electrons. The summed E-state index contributed by atoms with van der Waals surface area (Å²) in [6.07, 6.45) is 5.51. The molecule has 0 bridgehead atoms. The lowest BCUT2D eigenvalue weighted by molar-refractivity contribution is -0.157. The molecule has 2 aromatic heterocycles. The minimum Gasteiger partial charge on any atom is -0.481 e. The van der Waals surface area contributed by atoms with Crippen molar-refractivity contribution in [1.29, 1.82) is 0 Å². The number of aromatic nitrogens is 2. The van der Waals surface area contributed by atoms with Gasteiger partial charge < -0.3 is 14.4 Å². The average Bonchev–Trinajstić information content (AvgIpc) is 3.30. The number of rotatable bonds is 9. The van der Waals surface area contributed by atoms with E-state index in [-0.39, 0.29) is 28.9 Å². The highest BCUT2D eigenvalue weighted by Gasteiger charge is 2.54. The molecule has 6 rings (SSSR count). The van der Waals surface area contributed by atoms with E-state index in [0.717, 1.165) is 42.5 Å². The zero-order valence-corrected chi connectivity index (χ0v) is 21.9. The predicted octanol–water partition coefficient (Wildman–Crippen LogP) is 6.75. The van der Waals surface area contributed by atoms with Gasteiger partial charge in [0.05, 0.1) is 23.7 Å². The van der Waals surface area contributed by atoms with E-state index in [4.69, 9.17) is 4.74 Å². The molecule has 0 saturated heterocycles. The highest BCUT2D eigenvalue weighted by molar-refractivity contribution is 6.07. The largest absolute Gasteiger partial charge is 0.481 e. The Bertz CT molecular complexity index is 1540. The molecule has 2 aliphatic carbocycles. The Morgan fingerprint density at radius 1 is 1.05 bits per heavy atom. The Balaban J connectivity index is 1.18. The molecule has 2 aromatic carbocycles. The third kappa shape index (κ3) is 4.82. The minimum atomic E-state index is -0.711. The Morgan fingerprint density at radius 2 is 1.82 bits per heavy atom. The van der Waals surface area contributed by atoms with Crippen LogP contribution in [0, 0.1) is 23.1 Å². The van der Waals surface area contributed by atoms with Crippen molar-refractivity contribution in [2.45, 2.75) is 45.6 Å². The molecule has 0 amide bonds. The lowest BCUT2D eigenvalue weighted by atomic mass is 9.47. The normalized spacial score (nSPS) is 21.9. The van der Waals surface area contributed by atoms with Gasteiger partial charge in [0.2, 0.25) is 5.88 Å². The van der Waals surface area contributed by atoms with Crippen LogP contribution in [0.15, 0.2) is 66.9 Å². The van der Waals surface area contributed by atoms with Gasteiger partial charge in [0.15, 0.2) is 5.78 Å². The third-order valence-corrected chi connectivity index (χ3v) is 8.42. The van der Waals surface area contributed by atoms with Crippen LogP contribution in [-0.2, 0) is 11.3 Å². The highest BCUT2D eigenvalue weighted by Crippen LogP contribution is 2.62. The van der Waals surface area contributed by atoms with Crippen molar-refractivity contribution in [3.63, 3.8) is 0 Å². The zero-order valence-electron chi connectivity index (χ0n) is 21.9. The molecule has 2 aliphatic rings. The molecule has 7 heteroatoms. The number of ketones is 1. The van der Waals surface area contributed by atoms with E-state index in [2.05, 4.69) is 4.98 Å². The molecular formula is C32H31FN2O4. The number of halogens is 1. The number of ether oxygens (including phenoxy) is 1. The average molecular weight is 527 g/mol. The number of carboxylic acid groups (broad SMARTS) is 1. The smallest absolute Gasteiger partial charge is 0.306 e. The van der Waals surface area contributed by atoms with Crippen molar-refractivity contribution < 1.29 is 23.8 Å². The topological polar surface area (TPSA) is 81.4 Å². The molecule has 0 aliphatic heterocycles. The van der Waals surface area contributed by atoms with E-state index in [1.54, 1.807) is 12.1 Å². The number of pyridine rings is 1. The van der Waals surface area contributed by atoms with Gasteiger partial charge in [-0.05, 0) is 73.8 Å². The van der Waals surface area contributed by atoms with Crippen LogP contribution < -0.4 is 4.74 Å². The van der Waals surface area contributed by atoms with Gasteiger partial charge in [0.1, 0.15) is 5.82 Å². The van der Waals surface area contributed by atoms with Gasteiger partial charge in [-0.25, -0.2) is 9.37 Å². The van der Waals surface area contributed by atoms with Crippen molar-refractivity contribution in [3.8, 4) is 17.1 Å². The van der Waals surface area contributed by atoms with E-state index >= 15 is 0 Å². The summed E-state index contributed by atoms with van der Waals surface area (Å²) < 4.78 is 22.2. The quantitative estimate of drug-likeness (QED) is 0.244. The van der Waals surface area contributed by atoms with Gasteiger partial charge >= 0.3 is 5.97 Å². The van der Waals surface area contributed by atoms with Crippen molar-refractivity contribution >= 4 is 22.7 Å². The zero-order chi connectivity index (χ0) is 27.1.